The molecule has 3 rings (SSSR count). The maximum Gasteiger partial charge on any atom is 0.241 e. The van der Waals surface area contributed by atoms with Crippen LogP contribution in [0, 0.1) is 0 Å². The van der Waals surface area contributed by atoms with Gasteiger partial charge in [0.1, 0.15) is 10.6 Å². The van der Waals surface area contributed by atoms with Gasteiger partial charge in [0.15, 0.2) is 5.75 Å². The van der Waals surface area contributed by atoms with Crippen LogP contribution in [0.1, 0.15) is 25.3 Å². The number of thioether (sulfide) groups is 1. The quantitative estimate of drug-likeness (QED) is 0.346. The topological polar surface area (TPSA) is 93.9 Å². The van der Waals surface area contributed by atoms with Crippen LogP contribution in [0.2, 0.25) is 0 Å². The Hall–Kier alpha value is -1.69. The lowest BCUT2D eigenvalue weighted by molar-refractivity contribution is 0.0410. The number of nitrogens with zero attached hydrogens (tertiary/aromatic N) is 1. The molecule has 0 atom stereocenters. The summed E-state index contributed by atoms with van der Waals surface area (Å²) < 4.78 is 37.1. The average molecular weight is 510 g/mol. The van der Waals surface area contributed by atoms with E-state index >= 15 is 0 Å². The van der Waals surface area contributed by atoms with Crippen molar-refractivity contribution in [1.29, 1.82) is 0 Å². The zero-order chi connectivity index (χ0) is 23.7. The highest BCUT2D eigenvalue weighted by atomic mass is 32.2. The molecule has 0 saturated carbocycles. The van der Waals surface area contributed by atoms with Crippen LogP contribution in [0.3, 0.4) is 0 Å². The number of benzene rings is 2. The number of morpholine rings is 1. The van der Waals surface area contributed by atoms with E-state index in [-0.39, 0.29) is 10.6 Å². The van der Waals surface area contributed by atoms with Crippen LogP contribution in [-0.2, 0) is 14.8 Å². The van der Waals surface area contributed by atoms with Crippen LogP contribution in [0.4, 0.5) is 5.69 Å². The predicted molar refractivity (Wildman–Crippen MR) is 139 cm³/mol. The van der Waals surface area contributed by atoms with Gasteiger partial charge in [-0.2, -0.15) is 0 Å². The summed E-state index contributed by atoms with van der Waals surface area (Å²) in [7, 11) is -4.06. The van der Waals surface area contributed by atoms with Gasteiger partial charge in [0, 0.05) is 37.5 Å². The lowest BCUT2D eigenvalue weighted by Crippen LogP contribution is -2.37. The van der Waals surface area contributed by atoms with Crippen molar-refractivity contribution in [2.24, 2.45) is 5.14 Å². The standard InChI is InChI=1S/C23H31N3O4S3/c1-2-3-9-25-20-16-18(23(31)32-15-12-26-10-13-29-14-11-26)17-21(33(24,27)28)22(20)30-19-7-5-4-6-8-19/h4-8,16-17,25H,2-3,9-15H2,1H3,(H2,24,27,28). The van der Waals surface area contributed by atoms with Crippen molar-refractivity contribution in [1.82, 2.24) is 4.90 Å². The molecule has 0 aromatic heterocycles. The fourth-order valence-electron chi connectivity index (χ4n) is 3.35. The van der Waals surface area contributed by atoms with Crippen LogP contribution in [0.25, 0.3) is 0 Å². The summed E-state index contributed by atoms with van der Waals surface area (Å²) >= 11 is 7.19. The molecule has 0 amide bonds. The zero-order valence-electron chi connectivity index (χ0n) is 18.8. The highest BCUT2D eigenvalue weighted by Gasteiger charge is 2.23. The summed E-state index contributed by atoms with van der Waals surface area (Å²) in [6, 6.07) is 12.4. The van der Waals surface area contributed by atoms with Crippen molar-refractivity contribution >= 4 is 43.9 Å². The number of para-hydroxylation sites is 1. The molecule has 2 aromatic rings. The number of hydrogen-bond acceptors (Lipinski definition) is 8. The second-order valence-electron chi connectivity index (χ2n) is 7.68. The molecular formula is C23H31N3O4S3. The third-order valence-electron chi connectivity index (χ3n) is 5.15. The van der Waals surface area contributed by atoms with Gasteiger partial charge >= 0.3 is 0 Å². The lowest BCUT2D eigenvalue weighted by Gasteiger charge is -2.26. The van der Waals surface area contributed by atoms with Gasteiger partial charge in [-0.1, -0.05) is 43.8 Å². The van der Waals surface area contributed by atoms with Crippen molar-refractivity contribution in [3.05, 3.63) is 48.0 Å². The Morgan fingerprint density at radius 3 is 2.64 bits per heavy atom. The summed E-state index contributed by atoms with van der Waals surface area (Å²) in [5, 5.41) is 8.91. The summed E-state index contributed by atoms with van der Waals surface area (Å²) in [5.41, 5.74) is 1.20. The number of rotatable bonds is 11. The molecule has 0 unspecified atom stereocenters. The van der Waals surface area contributed by atoms with Crippen molar-refractivity contribution in [2.45, 2.75) is 24.7 Å². The van der Waals surface area contributed by atoms with Crippen LogP contribution in [-0.4, -0.2) is 62.7 Å². The first-order chi connectivity index (χ1) is 15.9. The molecule has 2 aromatic carbocycles. The molecule has 0 radical (unpaired) electrons. The number of thiocarbonyl (C=S) groups is 1. The summed E-state index contributed by atoms with van der Waals surface area (Å²) in [5.74, 6) is 1.52. The van der Waals surface area contributed by atoms with Gasteiger partial charge in [0.25, 0.3) is 0 Å². The molecule has 7 nitrogen and oxygen atoms in total. The van der Waals surface area contributed by atoms with E-state index in [1.807, 2.05) is 24.3 Å². The first-order valence-corrected chi connectivity index (χ1v) is 14.0. The van der Waals surface area contributed by atoms with Crippen molar-refractivity contribution in [3.8, 4) is 11.5 Å². The van der Waals surface area contributed by atoms with E-state index in [9.17, 15) is 8.42 Å². The Labute approximate surface area is 206 Å². The molecule has 1 aliphatic heterocycles. The van der Waals surface area contributed by atoms with Gasteiger partial charge in [-0.25, -0.2) is 13.6 Å². The maximum atomic E-state index is 12.5. The van der Waals surface area contributed by atoms with E-state index in [0.29, 0.717) is 27.7 Å². The number of ether oxygens (including phenoxy) is 2. The molecule has 1 heterocycles. The number of unbranched alkanes of at least 4 members (excludes halogenated alkanes) is 1. The highest BCUT2D eigenvalue weighted by Crippen LogP contribution is 2.38. The normalized spacial score (nSPS) is 14.7. The Morgan fingerprint density at radius 1 is 1.24 bits per heavy atom. The third-order valence-corrected chi connectivity index (χ3v) is 7.54. The summed E-state index contributed by atoms with van der Waals surface area (Å²) in [4.78, 5) is 2.25. The molecule has 10 heteroatoms. The zero-order valence-corrected chi connectivity index (χ0v) is 21.2. The van der Waals surface area contributed by atoms with Crippen LogP contribution in [0.5, 0.6) is 11.5 Å². The van der Waals surface area contributed by atoms with E-state index < -0.39 is 10.0 Å². The van der Waals surface area contributed by atoms with Crippen LogP contribution in [0.15, 0.2) is 47.4 Å². The average Bonchev–Trinajstić information content (AvgIpc) is 2.80. The van der Waals surface area contributed by atoms with Gasteiger partial charge in [0.2, 0.25) is 10.0 Å². The largest absolute Gasteiger partial charge is 0.454 e. The molecule has 0 spiro atoms. The Balaban J connectivity index is 1.86. The molecule has 1 saturated heterocycles. The summed E-state index contributed by atoms with van der Waals surface area (Å²) in [6.07, 6.45) is 1.93. The van der Waals surface area contributed by atoms with E-state index in [0.717, 1.165) is 51.4 Å². The Bertz CT molecular complexity index is 1030. The SMILES string of the molecule is CCCCNc1cc(C(=S)SCCN2CCOCC2)cc(S(N)(=O)=O)c1Oc1ccccc1. The molecule has 1 aliphatic rings. The smallest absolute Gasteiger partial charge is 0.241 e. The highest BCUT2D eigenvalue weighted by molar-refractivity contribution is 8.23. The van der Waals surface area contributed by atoms with Crippen LogP contribution >= 0.6 is 24.0 Å². The fraction of sp³-hybridized carbons (Fsp3) is 0.435. The molecule has 33 heavy (non-hydrogen) atoms. The monoisotopic (exact) mass is 509 g/mol. The van der Waals surface area contributed by atoms with Crippen molar-refractivity contribution in [2.75, 3.05) is 50.5 Å². The minimum absolute atomic E-state index is 0.0843. The van der Waals surface area contributed by atoms with E-state index in [1.165, 1.54) is 17.8 Å². The number of anilines is 1. The first-order valence-electron chi connectivity index (χ1n) is 11.0. The van der Waals surface area contributed by atoms with Crippen LogP contribution < -0.4 is 15.2 Å². The van der Waals surface area contributed by atoms with Gasteiger partial charge in [-0.15, -0.1) is 11.8 Å². The summed E-state index contributed by atoms with van der Waals surface area (Å²) in [6.45, 7) is 7.00. The van der Waals surface area contributed by atoms with Gasteiger partial charge < -0.3 is 14.8 Å². The van der Waals surface area contributed by atoms with Gasteiger partial charge in [0.05, 0.1) is 23.1 Å². The third kappa shape index (κ3) is 7.94. The number of sulfonamides is 1. The second kappa shape index (κ2) is 12.7. The molecular weight excluding hydrogens is 478 g/mol. The van der Waals surface area contributed by atoms with E-state index in [4.69, 9.17) is 26.8 Å². The fourth-order valence-corrected chi connectivity index (χ4v) is 5.24. The Morgan fingerprint density at radius 2 is 1.97 bits per heavy atom. The van der Waals surface area contributed by atoms with E-state index in [1.54, 1.807) is 12.1 Å². The number of nitrogens with one attached hydrogen (secondary N) is 1. The predicted octanol–water partition coefficient (Wildman–Crippen LogP) is 4.08. The minimum Gasteiger partial charge on any atom is -0.454 e. The second-order valence-corrected chi connectivity index (χ2v) is 11.0. The Kier molecular flexibility index (Phi) is 9.96. The minimum atomic E-state index is -4.06. The molecule has 3 N–H and O–H groups in total. The van der Waals surface area contributed by atoms with Gasteiger partial charge in [-0.3, -0.25) is 4.90 Å². The molecule has 0 aliphatic carbocycles. The molecule has 0 bridgehead atoms. The van der Waals surface area contributed by atoms with Crippen molar-refractivity contribution in [3.63, 3.8) is 0 Å². The van der Waals surface area contributed by atoms with Crippen molar-refractivity contribution < 1.29 is 17.9 Å². The van der Waals surface area contributed by atoms with Gasteiger partial charge in [-0.05, 0) is 30.7 Å². The maximum absolute atomic E-state index is 12.5. The lowest BCUT2D eigenvalue weighted by atomic mass is 10.2. The first kappa shape index (κ1) is 25.9. The number of nitrogens with two attached hydrogens (primary N) is 1. The molecule has 1 fully saturated rings. The number of hydrogen-bond donors (Lipinski definition) is 2. The number of primary sulfonamides is 1. The molecule has 180 valence electrons. The van der Waals surface area contributed by atoms with E-state index in [2.05, 4.69) is 17.1 Å².